The van der Waals surface area contributed by atoms with Crippen molar-refractivity contribution in [1.29, 1.82) is 5.41 Å². The Morgan fingerprint density at radius 3 is 2.55 bits per heavy atom. The second-order valence-electron chi connectivity index (χ2n) is 5.76. The highest BCUT2D eigenvalue weighted by Gasteiger charge is 2.44. The maximum Gasteiger partial charge on any atom is 0.422 e. The number of amides is 2. The van der Waals surface area contributed by atoms with Crippen molar-refractivity contribution in [3.63, 3.8) is 0 Å². The van der Waals surface area contributed by atoms with Gasteiger partial charge in [-0.15, -0.1) is 0 Å². The number of carbonyl (C=O) groups excluding carboxylic acids is 1. The van der Waals surface area contributed by atoms with Crippen molar-refractivity contribution in [2.75, 3.05) is 26.2 Å². The van der Waals surface area contributed by atoms with E-state index in [2.05, 4.69) is 0 Å². The van der Waals surface area contributed by atoms with Gasteiger partial charge in [0.25, 0.3) is 0 Å². The minimum Gasteiger partial charge on any atom is -0.334 e. The van der Waals surface area contributed by atoms with Gasteiger partial charge in [0, 0.05) is 25.7 Å². The van der Waals surface area contributed by atoms with Crippen LogP contribution in [0.3, 0.4) is 0 Å². The summed E-state index contributed by atoms with van der Waals surface area (Å²) in [5.41, 5.74) is 5.15. The molecule has 1 aliphatic carbocycles. The summed E-state index contributed by atoms with van der Waals surface area (Å²) in [5, 5.41) is 7.78. The zero-order valence-electron chi connectivity index (χ0n) is 12.6. The summed E-state index contributed by atoms with van der Waals surface area (Å²) in [6, 6.07) is 0.0615. The van der Waals surface area contributed by atoms with Crippen molar-refractivity contribution >= 4 is 11.9 Å². The Hall–Kier alpha value is -1.51. The highest BCUT2D eigenvalue weighted by Crippen LogP contribution is 2.28. The summed E-state index contributed by atoms with van der Waals surface area (Å²) in [7, 11) is 0. The number of amidine groups is 1. The number of hydrogen-bond donors (Lipinski definition) is 2. The Labute approximate surface area is 127 Å². The molecule has 2 fully saturated rings. The molecule has 1 atom stereocenters. The molecule has 0 bridgehead atoms. The van der Waals surface area contributed by atoms with Crippen LogP contribution in [0.2, 0.25) is 0 Å². The lowest BCUT2D eigenvalue weighted by atomic mass is 10.2. The van der Waals surface area contributed by atoms with Gasteiger partial charge in [-0.1, -0.05) is 6.92 Å². The van der Waals surface area contributed by atoms with Gasteiger partial charge in [-0.05, 0) is 19.3 Å². The van der Waals surface area contributed by atoms with E-state index in [4.69, 9.17) is 11.1 Å². The van der Waals surface area contributed by atoms with E-state index in [1.165, 1.54) is 4.90 Å². The highest BCUT2D eigenvalue weighted by molar-refractivity contribution is 5.87. The van der Waals surface area contributed by atoms with Crippen LogP contribution >= 0.6 is 0 Å². The molecule has 1 saturated carbocycles. The Bertz CT molecular complexity index is 438. The zero-order valence-corrected chi connectivity index (χ0v) is 12.6. The number of rotatable bonds is 4. The van der Waals surface area contributed by atoms with Crippen LogP contribution in [0, 0.1) is 5.41 Å². The third-order valence-electron chi connectivity index (χ3n) is 3.94. The van der Waals surface area contributed by atoms with E-state index in [-0.39, 0.29) is 37.5 Å². The number of nitrogens with one attached hydrogen (secondary N) is 1. The first-order valence-electron chi connectivity index (χ1n) is 7.47. The average molecular weight is 321 g/mol. The molecule has 0 aromatic heterocycles. The van der Waals surface area contributed by atoms with Gasteiger partial charge < -0.3 is 20.4 Å². The number of nitrogens with zero attached hydrogens (tertiary/aromatic N) is 3. The Morgan fingerprint density at radius 1 is 1.45 bits per heavy atom. The van der Waals surface area contributed by atoms with E-state index in [9.17, 15) is 18.0 Å². The molecule has 1 unspecified atom stereocenters. The molecule has 126 valence electrons. The fraction of sp³-hybridized carbons (Fsp3) is 0.846. The molecule has 2 rings (SSSR count). The van der Waals surface area contributed by atoms with Gasteiger partial charge in [0.1, 0.15) is 5.84 Å². The summed E-state index contributed by atoms with van der Waals surface area (Å²) in [6.07, 6.45) is -3.99. The van der Waals surface area contributed by atoms with Crippen LogP contribution in [0.5, 0.6) is 0 Å². The van der Waals surface area contributed by atoms with Crippen molar-refractivity contribution in [1.82, 2.24) is 14.7 Å². The van der Waals surface area contributed by atoms with Crippen molar-refractivity contribution in [3.8, 4) is 0 Å². The Morgan fingerprint density at radius 2 is 2.09 bits per heavy atom. The summed E-state index contributed by atoms with van der Waals surface area (Å²) < 4.78 is 38.0. The first-order chi connectivity index (χ1) is 10.3. The van der Waals surface area contributed by atoms with Crippen LogP contribution in [-0.4, -0.2) is 71.1 Å². The van der Waals surface area contributed by atoms with Gasteiger partial charge in [-0.3, -0.25) is 5.41 Å². The third kappa shape index (κ3) is 3.63. The number of alkyl halides is 3. The molecule has 9 heteroatoms. The zero-order chi connectivity index (χ0) is 16.5. The molecule has 1 saturated heterocycles. The van der Waals surface area contributed by atoms with Gasteiger partial charge in [-0.2, -0.15) is 13.2 Å². The molecular weight excluding hydrogens is 299 g/mol. The van der Waals surface area contributed by atoms with E-state index in [0.717, 1.165) is 24.2 Å². The largest absolute Gasteiger partial charge is 0.422 e. The molecule has 2 amide bonds. The lowest BCUT2D eigenvalue weighted by molar-refractivity contribution is -0.173. The predicted octanol–water partition coefficient (Wildman–Crippen LogP) is 1.42. The fourth-order valence-corrected chi connectivity index (χ4v) is 2.60. The quantitative estimate of drug-likeness (QED) is 0.822. The first-order valence-corrected chi connectivity index (χ1v) is 7.47. The topological polar surface area (TPSA) is 76.7 Å². The lowest BCUT2D eigenvalue weighted by Crippen LogP contribution is -2.62. The highest BCUT2D eigenvalue weighted by atomic mass is 19.4. The van der Waals surface area contributed by atoms with Crippen LogP contribution < -0.4 is 5.73 Å². The molecule has 6 nitrogen and oxygen atoms in total. The van der Waals surface area contributed by atoms with Crippen molar-refractivity contribution in [3.05, 3.63) is 0 Å². The smallest absolute Gasteiger partial charge is 0.334 e. The summed E-state index contributed by atoms with van der Waals surface area (Å²) in [5.74, 6) is -0.267. The summed E-state index contributed by atoms with van der Waals surface area (Å²) in [6.45, 7) is 2.56. The van der Waals surface area contributed by atoms with Crippen LogP contribution in [0.25, 0.3) is 0 Å². The SMILES string of the molecule is CCCN(C(=O)N1CCN(C(N)C(F)(F)F)C(=N)C1)C1CC1. The van der Waals surface area contributed by atoms with Crippen LogP contribution in [0.15, 0.2) is 0 Å². The molecular formula is C13H22F3N5O. The number of nitrogens with two attached hydrogens (primary N) is 1. The van der Waals surface area contributed by atoms with E-state index in [0.29, 0.717) is 6.54 Å². The molecule has 0 spiro atoms. The standard InChI is InChI=1S/C13H22F3N5O/c1-2-5-20(9-3-4-9)12(22)19-6-7-21(10(17)8-19)11(18)13(14,15)16/h9,11,17H,2-8,18H2,1H3. The van der Waals surface area contributed by atoms with Crippen molar-refractivity contribution in [2.24, 2.45) is 5.73 Å². The third-order valence-corrected chi connectivity index (χ3v) is 3.94. The van der Waals surface area contributed by atoms with Crippen molar-refractivity contribution < 1.29 is 18.0 Å². The van der Waals surface area contributed by atoms with E-state index < -0.39 is 12.3 Å². The van der Waals surface area contributed by atoms with Gasteiger partial charge in [0.15, 0.2) is 6.17 Å². The van der Waals surface area contributed by atoms with Crippen LogP contribution in [0.1, 0.15) is 26.2 Å². The number of urea groups is 1. The maximum atomic E-state index is 12.7. The fourth-order valence-electron chi connectivity index (χ4n) is 2.60. The van der Waals surface area contributed by atoms with Gasteiger partial charge in [-0.25, -0.2) is 4.79 Å². The normalized spacial score (nSPS) is 21.0. The predicted molar refractivity (Wildman–Crippen MR) is 75.5 cm³/mol. The minimum absolute atomic E-state index is 0.0735. The van der Waals surface area contributed by atoms with E-state index >= 15 is 0 Å². The number of carbonyl (C=O) groups is 1. The van der Waals surface area contributed by atoms with Gasteiger partial charge >= 0.3 is 12.2 Å². The molecule has 0 aromatic carbocycles. The monoisotopic (exact) mass is 321 g/mol. The lowest BCUT2D eigenvalue weighted by Gasteiger charge is -2.41. The molecule has 1 aliphatic heterocycles. The molecule has 0 radical (unpaired) electrons. The molecule has 0 aromatic rings. The van der Waals surface area contributed by atoms with Gasteiger partial charge in [0.05, 0.1) is 6.54 Å². The van der Waals surface area contributed by atoms with Gasteiger partial charge in [0.2, 0.25) is 0 Å². The average Bonchev–Trinajstić information content (AvgIpc) is 3.26. The maximum absolute atomic E-state index is 12.7. The minimum atomic E-state index is -4.58. The first kappa shape index (κ1) is 16.9. The van der Waals surface area contributed by atoms with E-state index in [1.54, 1.807) is 4.90 Å². The Kier molecular flexibility index (Phi) is 4.84. The second-order valence-corrected chi connectivity index (χ2v) is 5.76. The molecule has 2 aliphatic rings. The molecule has 1 heterocycles. The molecule has 22 heavy (non-hydrogen) atoms. The summed E-state index contributed by atoms with van der Waals surface area (Å²) in [4.78, 5) is 16.5. The Balaban J connectivity index is 1.97. The van der Waals surface area contributed by atoms with Crippen LogP contribution in [0.4, 0.5) is 18.0 Å². The van der Waals surface area contributed by atoms with Crippen molar-refractivity contribution in [2.45, 2.75) is 44.6 Å². The van der Waals surface area contributed by atoms with E-state index in [1.807, 2.05) is 6.92 Å². The second kappa shape index (κ2) is 6.31. The number of piperazine rings is 1. The molecule has 3 N–H and O–H groups in total. The summed E-state index contributed by atoms with van der Waals surface area (Å²) >= 11 is 0. The number of hydrogen-bond acceptors (Lipinski definition) is 3. The number of halogens is 3. The van der Waals surface area contributed by atoms with Crippen LogP contribution in [-0.2, 0) is 0 Å².